The lowest BCUT2D eigenvalue weighted by Gasteiger charge is -2.14. The normalized spacial score (nSPS) is 16.3. The van der Waals surface area contributed by atoms with Gasteiger partial charge in [-0.1, -0.05) is 0 Å². The number of hydrogen-bond donors (Lipinski definition) is 2. The SMILES string of the molecule is NC1=CC=C(n2cccn2)NC1. The summed E-state index contributed by atoms with van der Waals surface area (Å²) in [6, 6.07) is 1.88. The van der Waals surface area contributed by atoms with Gasteiger partial charge in [0.05, 0.1) is 6.54 Å². The molecule has 0 atom stereocenters. The average molecular weight is 162 g/mol. The van der Waals surface area contributed by atoms with E-state index in [9.17, 15) is 0 Å². The zero-order chi connectivity index (χ0) is 8.39. The molecule has 0 amide bonds. The van der Waals surface area contributed by atoms with E-state index in [1.54, 1.807) is 10.9 Å². The van der Waals surface area contributed by atoms with E-state index in [1.165, 1.54) is 0 Å². The molecule has 0 unspecified atom stereocenters. The molecule has 3 N–H and O–H groups in total. The van der Waals surface area contributed by atoms with Gasteiger partial charge >= 0.3 is 0 Å². The molecule has 0 aromatic carbocycles. The van der Waals surface area contributed by atoms with Gasteiger partial charge in [0.1, 0.15) is 5.82 Å². The van der Waals surface area contributed by atoms with Crippen LogP contribution in [0.2, 0.25) is 0 Å². The molecule has 0 radical (unpaired) electrons. The van der Waals surface area contributed by atoms with Crippen molar-refractivity contribution in [3.8, 4) is 0 Å². The highest BCUT2D eigenvalue weighted by atomic mass is 15.3. The number of allylic oxidation sites excluding steroid dienone is 2. The molecule has 0 fully saturated rings. The van der Waals surface area contributed by atoms with Gasteiger partial charge in [-0.05, 0) is 18.2 Å². The molecule has 0 bridgehead atoms. The molecular formula is C8H10N4. The minimum absolute atomic E-state index is 0.686. The van der Waals surface area contributed by atoms with Gasteiger partial charge in [0.25, 0.3) is 0 Å². The van der Waals surface area contributed by atoms with Crippen LogP contribution in [0.15, 0.2) is 36.3 Å². The molecule has 12 heavy (non-hydrogen) atoms. The summed E-state index contributed by atoms with van der Waals surface area (Å²) < 4.78 is 1.77. The van der Waals surface area contributed by atoms with Gasteiger partial charge in [0.2, 0.25) is 0 Å². The van der Waals surface area contributed by atoms with Crippen molar-refractivity contribution < 1.29 is 0 Å². The second-order valence-electron chi connectivity index (χ2n) is 2.60. The third kappa shape index (κ3) is 1.18. The van der Waals surface area contributed by atoms with E-state index >= 15 is 0 Å². The fraction of sp³-hybridized carbons (Fsp3) is 0.125. The fourth-order valence-corrected chi connectivity index (χ4v) is 1.07. The summed E-state index contributed by atoms with van der Waals surface area (Å²) in [5, 5.41) is 7.22. The maximum absolute atomic E-state index is 5.57. The number of aromatic nitrogens is 2. The highest BCUT2D eigenvalue weighted by molar-refractivity contribution is 5.48. The molecule has 2 heterocycles. The summed E-state index contributed by atoms with van der Waals surface area (Å²) in [5.41, 5.74) is 6.41. The van der Waals surface area contributed by atoms with Crippen LogP contribution in [-0.2, 0) is 0 Å². The lowest BCUT2D eigenvalue weighted by atomic mass is 10.3. The van der Waals surface area contributed by atoms with Crippen LogP contribution >= 0.6 is 0 Å². The molecule has 2 rings (SSSR count). The van der Waals surface area contributed by atoms with Crippen molar-refractivity contribution in [1.82, 2.24) is 15.1 Å². The van der Waals surface area contributed by atoms with Crippen molar-refractivity contribution >= 4 is 5.82 Å². The average Bonchev–Trinajstić information content (AvgIpc) is 2.58. The Morgan fingerprint density at radius 3 is 3.00 bits per heavy atom. The van der Waals surface area contributed by atoms with E-state index < -0.39 is 0 Å². The Bertz CT molecular complexity index is 321. The predicted molar refractivity (Wildman–Crippen MR) is 46.8 cm³/mol. The molecule has 0 spiro atoms. The van der Waals surface area contributed by atoms with E-state index in [1.807, 2.05) is 24.4 Å². The smallest absolute Gasteiger partial charge is 0.127 e. The summed E-state index contributed by atoms with van der Waals surface area (Å²) in [5.74, 6) is 0.953. The van der Waals surface area contributed by atoms with Gasteiger partial charge in [-0.2, -0.15) is 5.10 Å². The highest BCUT2D eigenvalue weighted by Gasteiger charge is 2.02. The van der Waals surface area contributed by atoms with E-state index in [4.69, 9.17) is 5.73 Å². The molecule has 0 aliphatic carbocycles. The first kappa shape index (κ1) is 6.97. The molecule has 1 aliphatic heterocycles. The monoisotopic (exact) mass is 162 g/mol. The van der Waals surface area contributed by atoms with Crippen molar-refractivity contribution in [1.29, 1.82) is 0 Å². The Labute approximate surface area is 70.4 Å². The number of nitrogens with one attached hydrogen (secondary N) is 1. The lowest BCUT2D eigenvalue weighted by molar-refractivity contribution is 0.789. The first-order chi connectivity index (χ1) is 5.86. The van der Waals surface area contributed by atoms with Gasteiger partial charge in [-0.25, -0.2) is 4.68 Å². The number of hydrogen-bond acceptors (Lipinski definition) is 3. The Morgan fingerprint density at radius 2 is 2.42 bits per heavy atom. The predicted octanol–water partition coefficient (Wildman–Crippen LogP) is 0.127. The van der Waals surface area contributed by atoms with Crippen LogP contribution in [0.3, 0.4) is 0 Å². The van der Waals surface area contributed by atoms with Crippen LogP contribution in [0.1, 0.15) is 0 Å². The van der Waals surface area contributed by atoms with Crippen molar-refractivity contribution in [2.24, 2.45) is 5.73 Å². The van der Waals surface area contributed by atoms with Crippen molar-refractivity contribution in [3.63, 3.8) is 0 Å². The summed E-state index contributed by atoms with van der Waals surface area (Å²) in [6.45, 7) is 0.686. The maximum atomic E-state index is 5.57. The standard InChI is InChI=1S/C8H10N4/c9-7-2-3-8(10-6-7)12-5-1-4-11-12/h1-5,10H,6,9H2. The quantitative estimate of drug-likeness (QED) is 0.617. The molecular weight excluding hydrogens is 152 g/mol. The topological polar surface area (TPSA) is 55.9 Å². The van der Waals surface area contributed by atoms with Gasteiger partial charge in [-0.15, -0.1) is 0 Å². The Hall–Kier alpha value is -1.71. The summed E-state index contributed by atoms with van der Waals surface area (Å²) in [4.78, 5) is 0. The van der Waals surface area contributed by atoms with E-state index in [2.05, 4.69) is 10.4 Å². The first-order valence-corrected chi connectivity index (χ1v) is 3.76. The van der Waals surface area contributed by atoms with Crippen LogP contribution in [0.25, 0.3) is 5.82 Å². The van der Waals surface area contributed by atoms with Crippen LogP contribution in [-0.4, -0.2) is 16.3 Å². The van der Waals surface area contributed by atoms with Gasteiger partial charge in [-0.3, -0.25) is 0 Å². The largest absolute Gasteiger partial charge is 0.401 e. The minimum atomic E-state index is 0.686. The lowest BCUT2D eigenvalue weighted by Crippen LogP contribution is -2.25. The van der Waals surface area contributed by atoms with Gasteiger partial charge in [0, 0.05) is 18.1 Å². The highest BCUT2D eigenvalue weighted by Crippen LogP contribution is 2.03. The van der Waals surface area contributed by atoms with Crippen molar-refractivity contribution in [2.75, 3.05) is 6.54 Å². The molecule has 1 aromatic rings. The molecule has 1 aliphatic rings. The summed E-state index contributed by atoms with van der Waals surface area (Å²) in [7, 11) is 0. The zero-order valence-corrected chi connectivity index (χ0v) is 6.57. The molecule has 4 heteroatoms. The van der Waals surface area contributed by atoms with Crippen LogP contribution in [0.4, 0.5) is 0 Å². The molecule has 0 saturated heterocycles. The third-order valence-electron chi connectivity index (χ3n) is 1.68. The summed E-state index contributed by atoms with van der Waals surface area (Å²) in [6.07, 6.45) is 7.41. The van der Waals surface area contributed by atoms with Gasteiger partial charge < -0.3 is 11.1 Å². The number of nitrogens with zero attached hydrogens (tertiary/aromatic N) is 2. The van der Waals surface area contributed by atoms with Crippen LogP contribution < -0.4 is 11.1 Å². The molecule has 1 aromatic heterocycles. The van der Waals surface area contributed by atoms with Crippen molar-refractivity contribution in [3.05, 3.63) is 36.3 Å². The number of rotatable bonds is 1. The molecule has 0 saturated carbocycles. The minimum Gasteiger partial charge on any atom is -0.401 e. The second-order valence-corrected chi connectivity index (χ2v) is 2.60. The maximum Gasteiger partial charge on any atom is 0.127 e. The first-order valence-electron chi connectivity index (χ1n) is 3.76. The van der Waals surface area contributed by atoms with E-state index in [-0.39, 0.29) is 0 Å². The zero-order valence-electron chi connectivity index (χ0n) is 6.57. The van der Waals surface area contributed by atoms with E-state index in [0.29, 0.717) is 6.54 Å². The Kier molecular flexibility index (Phi) is 1.59. The summed E-state index contributed by atoms with van der Waals surface area (Å²) >= 11 is 0. The van der Waals surface area contributed by atoms with E-state index in [0.717, 1.165) is 11.5 Å². The molecule has 62 valence electrons. The second kappa shape index (κ2) is 2.73. The number of dihydropyridines is 1. The Morgan fingerprint density at radius 1 is 1.50 bits per heavy atom. The number of nitrogens with two attached hydrogens (primary N) is 1. The van der Waals surface area contributed by atoms with Gasteiger partial charge in [0.15, 0.2) is 0 Å². The fourth-order valence-electron chi connectivity index (χ4n) is 1.07. The van der Waals surface area contributed by atoms with Crippen LogP contribution in [0.5, 0.6) is 0 Å². The van der Waals surface area contributed by atoms with Crippen LogP contribution in [0, 0.1) is 0 Å². The Balaban J connectivity index is 2.27. The van der Waals surface area contributed by atoms with Crippen molar-refractivity contribution in [2.45, 2.75) is 0 Å². The molecule has 4 nitrogen and oxygen atoms in total. The third-order valence-corrected chi connectivity index (χ3v) is 1.68.